The van der Waals surface area contributed by atoms with Gasteiger partial charge in [-0.1, -0.05) is 0 Å². The van der Waals surface area contributed by atoms with Crippen molar-refractivity contribution in [2.24, 2.45) is 0 Å². The van der Waals surface area contributed by atoms with Crippen LogP contribution in [0.15, 0.2) is 24.6 Å². The lowest BCUT2D eigenvalue weighted by atomic mass is 9.98. The fourth-order valence-electron chi connectivity index (χ4n) is 5.69. The number of aryl methyl sites for hydroxylation is 1. The van der Waals surface area contributed by atoms with Gasteiger partial charge in [0.05, 0.1) is 17.8 Å². The molecule has 3 N–H and O–H groups in total. The number of H-pyrrole nitrogens is 1. The molecule has 0 saturated carbocycles. The average molecular weight is 522 g/mol. The highest BCUT2D eigenvalue weighted by Crippen LogP contribution is 2.38. The Bertz CT molecular complexity index is 1340. The van der Waals surface area contributed by atoms with Crippen molar-refractivity contribution in [1.29, 1.82) is 0 Å². The Morgan fingerprint density at radius 1 is 1.18 bits per heavy atom. The highest BCUT2D eigenvalue weighted by Gasteiger charge is 2.45. The van der Waals surface area contributed by atoms with Crippen LogP contribution in [0.5, 0.6) is 0 Å². The minimum atomic E-state index is -0.508. The molecular weight excluding hydrogens is 486 g/mol. The summed E-state index contributed by atoms with van der Waals surface area (Å²) in [4.78, 5) is 24.5. The molecule has 0 radical (unpaired) electrons. The van der Waals surface area contributed by atoms with Gasteiger partial charge in [-0.05, 0) is 65.9 Å². The average Bonchev–Trinajstić information content (AvgIpc) is 3.54. The summed E-state index contributed by atoms with van der Waals surface area (Å²) in [7, 11) is 0. The monoisotopic (exact) mass is 521 g/mol. The van der Waals surface area contributed by atoms with Crippen molar-refractivity contribution in [3.05, 3.63) is 30.3 Å². The predicted octanol–water partition coefficient (Wildman–Crippen LogP) is 4.77. The van der Waals surface area contributed by atoms with Crippen molar-refractivity contribution >= 4 is 34.7 Å². The van der Waals surface area contributed by atoms with Crippen LogP contribution < -0.4 is 10.6 Å². The fraction of sp³-hybridized carbons (Fsp3) is 0.577. The second kappa shape index (κ2) is 9.48. The SMILES string of the molecule is Cc1cc(Nc2nc(NC3CC4CCC(C3)N4C(=O)OC(C)(C)C)nc3c2cnn3C2CCC=CO2)n[nH]1. The molecule has 0 spiro atoms. The zero-order valence-corrected chi connectivity index (χ0v) is 22.3. The van der Waals surface area contributed by atoms with Crippen LogP contribution in [0.2, 0.25) is 0 Å². The number of hydrogen-bond acceptors (Lipinski definition) is 9. The molecule has 0 aromatic carbocycles. The minimum absolute atomic E-state index is 0.134. The first-order chi connectivity index (χ1) is 18.2. The van der Waals surface area contributed by atoms with E-state index in [0.717, 1.165) is 49.6 Å². The number of carbonyl (C=O) groups excluding carboxylic acids is 1. The lowest BCUT2D eigenvalue weighted by molar-refractivity contribution is 0.00682. The quantitative estimate of drug-likeness (QED) is 0.434. The number of nitrogens with one attached hydrogen (secondary N) is 3. The topological polar surface area (TPSA) is 135 Å². The Labute approximate surface area is 221 Å². The van der Waals surface area contributed by atoms with Crippen molar-refractivity contribution in [2.45, 2.75) is 96.2 Å². The number of allylic oxidation sites excluding steroid dienone is 1. The number of anilines is 3. The van der Waals surface area contributed by atoms with Gasteiger partial charge in [0.2, 0.25) is 5.95 Å². The van der Waals surface area contributed by atoms with Crippen LogP contribution in [0.1, 0.15) is 71.2 Å². The Hall–Kier alpha value is -3.83. The van der Waals surface area contributed by atoms with E-state index in [-0.39, 0.29) is 30.4 Å². The van der Waals surface area contributed by atoms with Crippen LogP contribution in [0.4, 0.5) is 22.4 Å². The van der Waals surface area contributed by atoms with Crippen LogP contribution in [0, 0.1) is 6.92 Å². The molecule has 3 aliphatic heterocycles. The molecule has 202 valence electrons. The third kappa shape index (κ3) is 4.86. The Morgan fingerprint density at radius 2 is 1.97 bits per heavy atom. The van der Waals surface area contributed by atoms with Gasteiger partial charge in [-0.3, -0.25) is 5.10 Å². The van der Waals surface area contributed by atoms with E-state index >= 15 is 0 Å². The van der Waals surface area contributed by atoms with Crippen LogP contribution in [0.25, 0.3) is 11.0 Å². The summed E-state index contributed by atoms with van der Waals surface area (Å²) in [6, 6.07) is 2.34. The zero-order valence-electron chi connectivity index (χ0n) is 22.3. The van der Waals surface area contributed by atoms with Gasteiger partial charge < -0.3 is 25.0 Å². The zero-order chi connectivity index (χ0) is 26.4. The predicted molar refractivity (Wildman–Crippen MR) is 142 cm³/mol. The molecule has 12 nitrogen and oxygen atoms in total. The number of hydrogen-bond donors (Lipinski definition) is 3. The molecular formula is C26H35N9O3. The highest BCUT2D eigenvalue weighted by atomic mass is 16.6. The highest BCUT2D eigenvalue weighted by molar-refractivity contribution is 5.89. The van der Waals surface area contributed by atoms with Gasteiger partial charge in [0.25, 0.3) is 0 Å². The Morgan fingerprint density at radius 3 is 2.63 bits per heavy atom. The standard InChI is InChI=1S/C26H35N9O3/c1-15-11-20(33-32-15)29-22-19-14-27-35(21-7-5-6-10-37-21)23(19)31-24(30-22)28-16-12-17-8-9-18(13-16)34(17)25(36)38-26(2,3)4/h6,10-11,14,16-18,21H,5,7-9,12-13H2,1-4H3,(H3,28,29,30,31,32,33). The second-order valence-electron chi connectivity index (χ2n) is 11.4. The van der Waals surface area contributed by atoms with E-state index in [1.165, 1.54) is 0 Å². The molecule has 2 bridgehead atoms. The van der Waals surface area contributed by atoms with E-state index in [4.69, 9.17) is 19.4 Å². The lowest BCUT2D eigenvalue weighted by Crippen LogP contribution is -2.51. The summed E-state index contributed by atoms with van der Waals surface area (Å²) in [6.07, 6.45) is 10.4. The first-order valence-electron chi connectivity index (χ1n) is 13.4. The number of aromatic nitrogens is 6. The minimum Gasteiger partial charge on any atom is -0.477 e. The maximum Gasteiger partial charge on any atom is 0.410 e. The molecule has 0 aliphatic carbocycles. The first-order valence-corrected chi connectivity index (χ1v) is 13.4. The summed E-state index contributed by atoms with van der Waals surface area (Å²) in [5, 5.41) is 19.6. The number of amides is 1. The van der Waals surface area contributed by atoms with Gasteiger partial charge >= 0.3 is 6.09 Å². The van der Waals surface area contributed by atoms with Gasteiger partial charge in [-0.2, -0.15) is 20.2 Å². The van der Waals surface area contributed by atoms with Crippen LogP contribution in [-0.2, 0) is 9.47 Å². The van der Waals surface area contributed by atoms with Gasteiger partial charge in [0.15, 0.2) is 17.7 Å². The van der Waals surface area contributed by atoms with Crippen molar-refractivity contribution < 1.29 is 14.3 Å². The molecule has 3 aromatic rings. The maximum atomic E-state index is 12.9. The molecule has 3 aromatic heterocycles. The molecule has 38 heavy (non-hydrogen) atoms. The molecule has 2 fully saturated rings. The van der Waals surface area contributed by atoms with E-state index < -0.39 is 5.60 Å². The van der Waals surface area contributed by atoms with Gasteiger partial charge in [-0.25, -0.2) is 9.48 Å². The number of piperidine rings is 1. The van der Waals surface area contributed by atoms with E-state index in [1.807, 2.05) is 49.4 Å². The Kier molecular flexibility index (Phi) is 6.11. The largest absolute Gasteiger partial charge is 0.477 e. The third-order valence-electron chi connectivity index (χ3n) is 7.26. The molecule has 12 heteroatoms. The summed E-state index contributed by atoms with van der Waals surface area (Å²) in [5.41, 5.74) is 1.12. The molecule has 1 amide bonds. The lowest BCUT2D eigenvalue weighted by Gasteiger charge is -2.39. The van der Waals surface area contributed by atoms with E-state index in [2.05, 4.69) is 25.9 Å². The molecule has 3 unspecified atom stereocenters. The summed E-state index contributed by atoms with van der Waals surface area (Å²) in [5.74, 6) is 1.80. The number of fused-ring (bicyclic) bond motifs is 3. The molecule has 3 atom stereocenters. The second-order valence-corrected chi connectivity index (χ2v) is 11.4. The van der Waals surface area contributed by atoms with Crippen molar-refractivity contribution in [3.8, 4) is 0 Å². The number of carbonyl (C=O) groups is 1. The van der Waals surface area contributed by atoms with Crippen LogP contribution in [0.3, 0.4) is 0 Å². The van der Waals surface area contributed by atoms with E-state index in [9.17, 15) is 4.79 Å². The molecule has 3 aliphatic rings. The van der Waals surface area contributed by atoms with Crippen molar-refractivity contribution in [2.75, 3.05) is 10.6 Å². The smallest absolute Gasteiger partial charge is 0.410 e. The first kappa shape index (κ1) is 24.5. The van der Waals surface area contributed by atoms with Gasteiger partial charge in [0, 0.05) is 36.3 Å². The summed E-state index contributed by atoms with van der Waals surface area (Å²) < 4.78 is 13.4. The van der Waals surface area contributed by atoms with Gasteiger partial charge in [0.1, 0.15) is 11.4 Å². The number of ether oxygens (including phenoxy) is 2. The fourth-order valence-corrected chi connectivity index (χ4v) is 5.69. The Balaban J connectivity index is 1.27. The van der Waals surface area contributed by atoms with E-state index in [0.29, 0.717) is 23.2 Å². The number of rotatable bonds is 5. The number of aromatic amines is 1. The van der Waals surface area contributed by atoms with Crippen LogP contribution in [-0.4, -0.2) is 64.7 Å². The third-order valence-corrected chi connectivity index (χ3v) is 7.26. The maximum absolute atomic E-state index is 12.9. The normalized spacial score (nSPS) is 24.9. The van der Waals surface area contributed by atoms with Gasteiger partial charge in [-0.15, -0.1) is 0 Å². The summed E-state index contributed by atoms with van der Waals surface area (Å²) >= 11 is 0. The van der Waals surface area contributed by atoms with Crippen molar-refractivity contribution in [3.63, 3.8) is 0 Å². The molecule has 6 heterocycles. The van der Waals surface area contributed by atoms with Crippen LogP contribution >= 0.6 is 0 Å². The van der Waals surface area contributed by atoms with Crippen molar-refractivity contribution in [1.82, 2.24) is 34.8 Å². The number of nitrogens with zero attached hydrogens (tertiary/aromatic N) is 6. The summed E-state index contributed by atoms with van der Waals surface area (Å²) in [6.45, 7) is 7.67. The molecule has 2 saturated heterocycles. The van der Waals surface area contributed by atoms with E-state index in [1.54, 1.807) is 12.5 Å². The molecule has 6 rings (SSSR count).